The molecule has 0 saturated carbocycles. The van der Waals surface area contributed by atoms with Gasteiger partial charge in [-0.15, -0.1) is 0 Å². The molecule has 0 bridgehead atoms. The summed E-state index contributed by atoms with van der Waals surface area (Å²) in [5.74, 6) is 0. The Hall–Kier alpha value is 2.34. The Morgan fingerprint density at radius 2 is 0.306 bits per heavy atom. The molecule has 0 saturated heterocycles. The van der Waals surface area contributed by atoms with Crippen LogP contribution in [0.3, 0.4) is 0 Å². The van der Waals surface area contributed by atoms with Crippen LogP contribution in [-0.2, 0) is 0 Å². The van der Waals surface area contributed by atoms with Crippen molar-refractivity contribution >= 4 is 117 Å². The topological polar surface area (TPSA) is 0 Å². The fraction of sp³-hybridized carbons (Fsp3) is 0.800. The fourth-order valence-electron chi connectivity index (χ4n) is 3.01. The minimum atomic E-state index is 0.354. The van der Waals surface area contributed by atoms with Gasteiger partial charge in [0.2, 0.25) is 0 Å². The van der Waals surface area contributed by atoms with Crippen LogP contribution in [0.5, 0.6) is 0 Å². The number of rotatable bonds is 6. The van der Waals surface area contributed by atoms with Crippen molar-refractivity contribution in [2.45, 2.75) is 151 Å². The van der Waals surface area contributed by atoms with Crippen molar-refractivity contribution in [3.63, 3.8) is 0 Å². The van der Waals surface area contributed by atoms with Gasteiger partial charge >= 0.3 is 267 Å². The first kappa shape index (κ1) is 36.4. The Morgan fingerprint density at radius 1 is 0.222 bits per heavy atom. The SMILES string of the molecule is CC(C)(C)[Se]c1c([Se]C(C)(C)C)c([Se]C(C)(C)C)c([Se]C(C)(C)C)c([Se]C(C)(C)C)c1[Se]C(C)(C)C. The monoisotopic (exact) mass is 894 g/mol. The van der Waals surface area contributed by atoms with E-state index in [2.05, 4.69) is 125 Å². The molecule has 0 radical (unpaired) electrons. The fourth-order valence-corrected chi connectivity index (χ4v) is 23.0. The van der Waals surface area contributed by atoms with Gasteiger partial charge in [-0.2, -0.15) is 0 Å². The molecule has 0 aliphatic heterocycles. The average molecular weight is 889 g/mol. The van der Waals surface area contributed by atoms with Crippen molar-refractivity contribution in [3.05, 3.63) is 0 Å². The normalized spacial score (nSPS) is 14.5. The molecule has 0 aromatic heterocycles. The second-order valence-corrected chi connectivity index (χ2v) is 38.4. The van der Waals surface area contributed by atoms with E-state index in [1.807, 2.05) is 26.8 Å². The number of hydrogen-bond donors (Lipinski definition) is 0. The van der Waals surface area contributed by atoms with Gasteiger partial charge in [-0.1, -0.05) is 0 Å². The molecule has 1 rings (SSSR count). The standard InChI is InChI=1S/C30H54Se6/c1-25(2,3)31-19-20(32-26(4,5)6)22(34-28(10,11)12)24(36-30(16,17)18)23(35-29(13,14)15)21(19)33-27(7,8)9/h1-18H3. The van der Waals surface area contributed by atoms with Crippen LogP contribution in [-0.4, -0.2) is 89.7 Å². The molecule has 0 aliphatic rings. The Bertz CT molecular complexity index is 675. The zero-order valence-electron chi connectivity index (χ0n) is 26.4. The molecule has 210 valence electrons. The molecular weight excluding hydrogens is 834 g/mol. The predicted octanol–water partition coefficient (Wildman–Crippen LogP) is 4.97. The predicted molar refractivity (Wildman–Crippen MR) is 177 cm³/mol. The second-order valence-electron chi connectivity index (χ2n) is 15.3. The Balaban J connectivity index is 4.45. The maximum atomic E-state index is 2.49. The van der Waals surface area contributed by atoms with E-state index in [0.29, 0.717) is 116 Å². The molecule has 0 unspecified atom stereocenters. The van der Waals surface area contributed by atoms with Crippen LogP contribution in [0.2, 0.25) is 25.9 Å². The van der Waals surface area contributed by atoms with Gasteiger partial charge in [-0.25, -0.2) is 0 Å². The first-order valence-corrected chi connectivity index (χ1v) is 23.2. The zero-order chi connectivity index (χ0) is 28.7. The summed E-state index contributed by atoms with van der Waals surface area (Å²) in [7, 11) is 0. The summed E-state index contributed by atoms with van der Waals surface area (Å²) in [5.41, 5.74) is 0. The van der Waals surface area contributed by atoms with E-state index in [9.17, 15) is 0 Å². The van der Waals surface area contributed by atoms with E-state index in [1.54, 1.807) is 0 Å². The first-order chi connectivity index (χ1) is 15.6. The Kier molecular flexibility index (Phi) is 12.8. The van der Waals surface area contributed by atoms with Crippen LogP contribution >= 0.6 is 0 Å². The summed E-state index contributed by atoms with van der Waals surface area (Å²) >= 11 is 2.89. The molecule has 0 fully saturated rings. The quantitative estimate of drug-likeness (QED) is 0.355. The zero-order valence-corrected chi connectivity index (χ0v) is 36.7. The molecule has 1 aromatic rings. The minimum absolute atomic E-state index is 0.354. The molecule has 0 amide bonds. The van der Waals surface area contributed by atoms with Gasteiger partial charge in [-0.3, -0.25) is 0 Å². The van der Waals surface area contributed by atoms with Gasteiger partial charge in [0.25, 0.3) is 0 Å². The van der Waals surface area contributed by atoms with E-state index < -0.39 is 0 Å². The Labute approximate surface area is 264 Å². The van der Waals surface area contributed by atoms with E-state index in [0.717, 1.165) is 0 Å². The van der Waals surface area contributed by atoms with Crippen molar-refractivity contribution in [3.8, 4) is 0 Å². The third-order valence-electron chi connectivity index (χ3n) is 3.69. The number of benzene rings is 1. The van der Waals surface area contributed by atoms with E-state index in [-0.39, 0.29) is 0 Å². The van der Waals surface area contributed by atoms with Crippen LogP contribution in [0.25, 0.3) is 0 Å². The summed E-state index contributed by atoms with van der Waals surface area (Å²) in [6.07, 6.45) is 0. The van der Waals surface area contributed by atoms with Crippen LogP contribution < -0.4 is 26.8 Å². The molecule has 0 heterocycles. The molecule has 0 aliphatic carbocycles. The summed E-state index contributed by atoms with van der Waals surface area (Å²) in [5, 5.41) is 0. The van der Waals surface area contributed by atoms with Crippen molar-refractivity contribution in [2.24, 2.45) is 0 Å². The maximum absolute atomic E-state index is 2.49. The van der Waals surface area contributed by atoms with Crippen LogP contribution in [0, 0.1) is 0 Å². The van der Waals surface area contributed by atoms with Crippen molar-refractivity contribution in [1.82, 2.24) is 0 Å². The molecule has 6 heteroatoms. The molecular formula is C30H54Se6. The molecule has 0 nitrogen and oxygen atoms in total. The molecule has 0 N–H and O–H groups in total. The third kappa shape index (κ3) is 14.3. The van der Waals surface area contributed by atoms with Gasteiger partial charge in [0.05, 0.1) is 0 Å². The van der Waals surface area contributed by atoms with Crippen molar-refractivity contribution in [2.75, 3.05) is 0 Å². The first-order valence-electron chi connectivity index (χ1n) is 12.9. The van der Waals surface area contributed by atoms with Crippen LogP contribution in [0.1, 0.15) is 125 Å². The average Bonchev–Trinajstić information content (AvgIpc) is 2.51. The number of hydrogen-bond acceptors (Lipinski definition) is 0. The van der Waals surface area contributed by atoms with Gasteiger partial charge in [-0.05, 0) is 0 Å². The molecule has 36 heavy (non-hydrogen) atoms. The van der Waals surface area contributed by atoms with Crippen LogP contribution in [0.4, 0.5) is 0 Å². The van der Waals surface area contributed by atoms with E-state index in [1.165, 1.54) is 0 Å². The van der Waals surface area contributed by atoms with E-state index >= 15 is 0 Å². The third-order valence-corrected chi connectivity index (χ3v) is 23.0. The summed E-state index contributed by atoms with van der Waals surface area (Å²) in [6.45, 7) is 44.8. The van der Waals surface area contributed by atoms with E-state index in [4.69, 9.17) is 0 Å². The van der Waals surface area contributed by atoms with Gasteiger partial charge in [0.15, 0.2) is 0 Å². The van der Waals surface area contributed by atoms with Gasteiger partial charge < -0.3 is 0 Å². The molecule has 1 aromatic carbocycles. The molecule has 0 spiro atoms. The summed E-state index contributed by atoms with van der Waals surface area (Å²) < 4.78 is 13.3. The van der Waals surface area contributed by atoms with Crippen LogP contribution in [0.15, 0.2) is 0 Å². The van der Waals surface area contributed by atoms with Gasteiger partial charge in [0, 0.05) is 0 Å². The Morgan fingerprint density at radius 3 is 0.361 bits per heavy atom. The van der Waals surface area contributed by atoms with Gasteiger partial charge in [0.1, 0.15) is 0 Å². The van der Waals surface area contributed by atoms with Crippen molar-refractivity contribution in [1.29, 1.82) is 0 Å². The summed E-state index contributed by atoms with van der Waals surface area (Å²) in [6, 6.07) is 0. The van der Waals surface area contributed by atoms with Crippen molar-refractivity contribution < 1.29 is 0 Å². The molecule has 0 atom stereocenters. The second kappa shape index (κ2) is 12.7. The summed E-state index contributed by atoms with van der Waals surface area (Å²) in [4.78, 5) is 0.